The van der Waals surface area contributed by atoms with Crippen LogP contribution in [0.15, 0.2) is 18.2 Å². The van der Waals surface area contributed by atoms with Gasteiger partial charge < -0.3 is 14.8 Å². The first kappa shape index (κ1) is 13.2. The van der Waals surface area contributed by atoms with Crippen molar-refractivity contribution in [2.75, 3.05) is 14.2 Å². The zero-order valence-electron chi connectivity index (χ0n) is 11.7. The van der Waals surface area contributed by atoms with E-state index >= 15 is 0 Å². The molecule has 0 spiro atoms. The third-order valence-corrected chi connectivity index (χ3v) is 3.47. The number of nitrogens with one attached hydrogen (secondary N) is 1. The van der Waals surface area contributed by atoms with Crippen LogP contribution in [-0.2, 0) is 0 Å². The molecule has 1 aliphatic rings. The van der Waals surface area contributed by atoms with Gasteiger partial charge in [0, 0.05) is 18.0 Å². The van der Waals surface area contributed by atoms with Gasteiger partial charge in [-0.25, -0.2) is 0 Å². The summed E-state index contributed by atoms with van der Waals surface area (Å²) in [6.45, 7) is 4.47. The van der Waals surface area contributed by atoms with E-state index in [4.69, 9.17) is 9.47 Å². The van der Waals surface area contributed by atoms with Crippen LogP contribution in [0, 0.1) is 5.92 Å². The summed E-state index contributed by atoms with van der Waals surface area (Å²) in [5.74, 6) is 2.54. The first-order valence-corrected chi connectivity index (χ1v) is 6.66. The lowest BCUT2D eigenvalue weighted by Crippen LogP contribution is -2.32. The summed E-state index contributed by atoms with van der Waals surface area (Å²) in [6, 6.07) is 6.41. The zero-order valence-corrected chi connectivity index (χ0v) is 11.7. The summed E-state index contributed by atoms with van der Waals surface area (Å²) in [6.07, 6.45) is 2.43. The Kier molecular flexibility index (Phi) is 4.12. The Bertz CT molecular complexity index is 403. The van der Waals surface area contributed by atoms with Crippen LogP contribution in [-0.4, -0.2) is 20.3 Å². The molecular formula is C15H23NO2. The van der Waals surface area contributed by atoms with Crippen molar-refractivity contribution in [3.05, 3.63) is 23.8 Å². The standard InChI is InChI=1S/C15H23NO2/c1-10(2)7-12-9-14(16-3)13-8-11(17-4)5-6-15(13)18-12/h5-6,8,10,12,14,16H,7,9H2,1-4H3. The number of methoxy groups -OCH3 is 1. The molecule has 1 heterocycles. The molecule has 18 heavy (non-hydrogen) atoms. The summed E-state index contributed by atoms with van der Waals surface area (Å²) < 4.78 is 11.4. The van der Waals surface area contributed by atoms with Crippen molar-refractivity contribution >= 4 is 0 Å². The number of rotatable bonds is 4. The van der Waals surface area contributed by atoms with Crippen LogP contribution in [0.1, 0.15) is 38.3 Å². The lowest BCUT2D eigenvalue weighted by molar-refractivity contribution is 0.129. The van der Waals surface area contributed by atoms with E-state index in [0.717, 1.165) is 24.3 Å². The molecule has 3 heteroatoms. The zero-order chi connectivity index (χ0) is 13.1. The predicted molar refractivity (Wildman–Crippen MR) is 73.3 cm³/mol. The Morgan fingerprint density at radius 3 is 2.83 bits per heavy atom. The predicted octanol–water partition coefficient (Wildman–Crippen LogP) is 3.15. The largest absolute Gasteiger partial charge is 0.497 e. The Labute approximate surface area is 109 Å². The second kappa shape index (κ2) is 5.61. The van der Waals surface area contributed by atoms with Crippen LogP contribution in [0.5, 0.6) is 11.5 Å². The molecule has 1 aliphatic heterocycles. The highest BCUT2D eigenvalue weighted by Crippen LogP contribution is 2.38. The number of hydrogen-bond acceptors (Lipinski definition) is 3. The fraction of sp³-hybridized carbons (Fsp3) is 0.600. The SMILES string of the molecule is CNC1CC(CC(C)C)Oc2ccc(OC)cc21. The molecule has 100 valence electrons. The minimum absolute atomic E-state index is 0.309. The molecule has 0 aliphatic carbocycles. The van der Waals surface area contributed by atoms with Gasteiger partial charge in [0.15, 0.2) is 0 Å². The van der Waals surface area contributed by atoms with Gasteiger partial charge in [-0.05, 0) is 37.6 Å². The highest BCUT2D eigenvalue weighted by atomic mass is 16.5. The molecule has 0 radical (unpaired) electrons. The summed E-state index contributed by atoms with van der Waals surface area (Å²) in [5, 5.41) is 3.38. The summed E-state index contributed by atoms with van der Waals surface area (Å²) in [7, 11) is 3.70. The third kappa shape index (κ3) is 2.78. The molecule has 2 unspecified atom stereocenters. The second-order valence-electron chi connectivity index (χ2n) is 5.35. The fourth-order valence-corrected chi connectivity index (χ4v) is 2.59. The number of hydrogen-bond donors (Lipinski definition) is 1. The summed E-state index contributed by atoms with van der Waals surface area (Å²) in [5.41, 5.74) is 1.21. The molecule has 0 saturated heterocycles. The molecule has 1 N–H and O–H groups in total. The highest BCUT2D eigenvalue weighted by Gasteiger charge is 2.28. The monoisotopic (exact) mass is 249 g/mol. The van der Waals surface area contributed by atoms with Crippen molar-refractivity contribution in [3.8, 4) is 11.5 Å². The lowest BCUT2D eigenvalue weighted by atomic mass is 9.92. The van der Waals surface area contributed by atoms with Gasteiger partial charge in [0.05, 0.1) is 7.11 Å². The maximum Gasteiger partial charge on any atom is 0.124 e. The quantitative estimate of drug-likeness (QED) is 0.889. The van der Waals surface area contributed by atoms with E-state index in [1.165, 1.54) is 5.56 Å². The van der Waals surface area contributed by atoms with E-state index < -0.39 is 0 Å². The molecule has 0 amide bonds. The summed E-state index contributed by atoms with van der Waals surface area (Å²) in [4.78, 5) is 0. The smallest absolute Gasteiger partial charge is 0.124 e. The average Bonchev–Trinajstić information content (AvgIpc) is 2.36. The molecule has 2 rings (SSSR count). The average molecular weight is 249 g/mol. The van der Waals surface area contributed by atoms with Crippen LogP contribution < -0.4 is 14.8 Å². The molecule has 1 aromatic rings. The van der Waals surface area contributed by atoms with Crippen molar-refractivity contribution in [1.82, 2.24) is 5.32 Å². The van der Waals surface area contributed by atoms with Crippen LogP contribution >= 0.6 is 0 Å². The van der Waals surface area contributed by atoms with Crippen molar-refractivity contribution < 1.29 is 9.47 Å². The maximum absolute atomic E-state index is 6.08. The third-order valence-electron chi connectivity index (χ3n) is 3.47. The van der Waals surface area contributed by atoms with Crippen LogP contribution in [0.4, 0.5) is 0 Å². The van der Waals surface area contributed by atoms with Crippen LogP contribution in [0.2, 0.25) is 0 Å². The van der Waals surface area contributed by atoms with E-state index in [-0.39, 0.29) is 0 Å². The van der Waals surface area contributed by atoms with Gasteiger partial charge >= 0.3 is 0 Å². The molecule has 0 aromatic heterocycles. The van der Waals surface area contributed by atoms with Gasteiger partial charge in [-0.3, -0.25) is 0 Å². The topological polar surface area (TPSA) is 30.5 Å². The first-order chi connectivity index (χ1) is 8.63. The van der Waals surface area contributed by atoms with Gasteiger partial charge in [-0.2, -0.15) is 0 Å². The van der Waals surface area contributed by atoms with E-state index in [1.807, 2.05) is 19.2 Å². The maximum atomic E-state index is 6.08. The Balaban J connectivity index is 2.24. The van der Waals surface area contributed by atoms with Crippen LogP contribution in [0.3, 0.4) is 0 Å². The lowest BCUT2D eigenvalue weighted by Gasteiger charge is -2.33. The van der Waals surface area contributed by atoms with Gasteiger partial charge in [-0.15, -0.1) is 0 Å². The Morgan fingerprint density at radius 1 is 1.44 bits per heavy atom. The van der Waals surface area contributed by atoms with E-state index in [0.29, 0.717) is 18.1 Å². The van der Waals surface area contributed by atoms with Gasteiger partial charge in [0.2, 0.25) is 0 Å². The molecule has 0 saturated carbocycles. The molecule has 0 fully saturated rings. The summed E-state index contributed by atoms with van der Waals surface area (Å²) >= 11 is 0. The molecule has 3 nitrogen and oxygen atoms in total. The highest BCUT2D eigenvalue weighted by molar-refractivity contribution is 5.43. The Morgan fingerprint density at radius 2 is 2.22 bits per heavy atom. The van der Waals surface area contributed by atoms with Crippen molar-refractivity contribution in [2.24, 2.45) is 5.92 Å². The van der Waals surface area contributed by atoms with Crippen molar-refractivity contribution in [3.63, 3.8) is 0 Å². The van der Waals surface area contributed by atoms with E-state index in [2.05, 4.69) is 25.2 Å². The van der Waals surface area contributed by atoms with Gasteiger partial charge in [0.1, 0.15) is 17.6 Å². The Hall–Kier alpha value is -1.22. The number of ether oxygens (including phenoxy) is 2. The number of benzene rings is 1. The van der Waals surface area contributed by atoms with Crippen molar-refractivity contribution in [2.45, 2.75) is 38.8 Å². The van der Waals surface area contributed by atoms with Crippen molar-refractivity contribution in [1.29, 1.82) is 0 Å². The van der Waals surface area contributed by atoms with Crippen LogP contribution in [0.25, 0.3) is 0 Å². The first-order valence-electron chi connectivity index (χ1n) is 6.66. The van der Waals surface area contributed by atoms with Gasteiger partial charge in [-0.1, -0.05) is 13.8 Å². The van der Waals surface area contributed by atoms with Gasteiger partial charge in [0.25, 0.3) is 0 Å². The molecule has 1 aromatic carbocycles. The second-order valence-corrected chi connectivity index (χ2v) is 5.35. The molecule has 0 bridgehead atoms. The minimum atomic E-state index is 0.309. The molecular weight excluding hydrogens is 226 g/mol. The number of fused-ring (bicyclic) bond motifs is 1. The molecule has 2 atom stereocenters. The van der Waals surface area contributed by atoms with E-state index in [1.54, 1.807) is 7.11 Å². The van der Waals surface area contributed by atoms with E-state index in [9.17, 15) is 0 Å². The minimum Gasteiger partial charge on any atom is -0.497 e. The fourth-order valence-electron chi connectivity index (χ4n) is 2.59. The normalized spacial score (nSPS) is 22.5.